The molecule has 1 atom stereocenters. The highest BCUT2D eigenvalue weighted by atomic mass is 79.9. The summed E-state index contributed by atoms with van der Waals surface area (Å²) in [7, 11) is 0. The maximum atomic E-state index is 6.34. The summed E-state index contributed by atoms with van der Waals surface area (Å²) in [6, 6.07) is 8.14. The van der Waals surface area contributed by atoms with Crippen LogP contribution in [-0.2, 0) is 0 Å². The number of nitrogens with two attached hydrogens (primary N) is 1. The number of benzene rings is 1. The number of hydrogen-bond acceptors (Lipinski definition) is 3. The molecule has 0 fully saturated rings. The minimum absolute atomic E-state index is 0.0793. The SMILES string of the molecule is CCOc1ccc(C(N)c2cc(C)c(C)s2)cc1Br. The van der Waals surface area contributed by atoms with Crippen molar-refractivity contribution in [1.82, 2.24) is 0 Å². The summed E-state index contributed by atoms with van der Waals surface area (Å²) in [5.74, 6) is 0.858. The van der Waals surface area contributed by atoms with Crippen LogP contribution in [0.25, 0.3) is 0 Å². The van der Waals surface area contributed by atoms with E-state index in [9.17, 15) is 0 Å². The van der Waals surface area contributed by atoms with Crippen LogP contribution in [0.2, 0.25) is 0 Å². The predicted octanol–water partition coefficient (Wildman–Crippen LogP) is 4.57. The van der Waals surface area contributed by atoms with Crippen molar-refractivity contribution in [3.8, 4) is 5.75 Å². The molecule has 0 aliphatic rings. The van der Waals surface area contributed by atoms with E-state index in [1.54, 1.807) is 11.3 Å². The predicted molar refractivity (Wildman–Crippen MR) is 85.1 cm³/mol. The van der Waals surface area contributed by atoms with Gasteiger partial charge >= 0.3 is 0 Å². The van der Waals surface area contributed by atoms with Gasteiger partial charge in [0, 0.05) is 9.75 Å². The van der Waals surface area contributed by atoms with E-state index in [4.69, 9.17) is 10.5 Å². The fourth-order valence-electron chi connectivity index (χ4n) is 1.90. The maximum absolute atomic E-state index is 6.34. The third kappa shape index (κ3) is 3.19. The first kappa shape index (κ1) is 14.6. The molecule has 1 heterocycles. The van der Waals surface area contributed by atoms with E-state index in [2.05, 4.69) is 35.8 Å². The van der Waals surface area contributed by atoms with Gasteiger partial charge in [-0.25, -0.2) is 0 Å². The summed E-state index contributed by atoms with van der Waals surface area (Å²) in [5, 5.41) is 0. The van der Waals surface area contributed by atoms with Crippen molar-refractivity contribution >= 4 is 27.3 Å². The van der Waals surface area contributed by atoms with E-state index in [0.29, 0.717) is 6.61 Å². The molecule has 1 aromatic heterocycles. The molecule has 0 radical (unpaired) electrons. The van der Waals surface area contributed by atoms with Gasteiger partial charge in [0.15, 0.2) is 0 Å². The standard InChI is InChI=1S/C15H18BrNOS/c1-4-18-13-6-5-11(8-12(13)16)15(17)14-7-9(2)10(3)19-14/h5-8,15H,4,17H2,1-3H3. The molecule has 4 heteroatoms. The first-order chi connectivity index (χ1) is 9.02. The van der Waals surface area contributed by atoms with Crippen LogP contribution < -0.4 is 10.5 Å². The molecule has 2 N–H and O–H groups in total. The lowest BCUT2D eigenvalue weighted by molar-refractivity contribution is 0.338. The molecule has 0 aliphatic carbocycles. The highest BCUT2D eigenvalue weighted by Gasteiger charge is 2.14. The van der Waals surface area contributed by atoms with Gasteiger partial charge in [-0.1, -0.05) is 6.07 Å². The smallest absolute Gasteiger partial charge is 0.133 e. The van der Waals surface area contributed by atoms with Crippen LogP contribution >= 0.6 is 27.3 Å². The number of ether oxygens (including phenoxy) is 1. The molecule has 0 saturated carbocycles. The highest BCUT2D eigenvalue weighted by molar-refractivity contribution is 9.10. The van der Waals surface area contributed by atoms with Crippen molar-refractivity contribution in [2.75, 3.05) is 6.61 Å². The Morgan fingerprint density at radius 3 is 2.58 bits per heavy atom. The molecule has 2 nitrogen and oxygen atoms in total. The van der Waals surface area contributed by atoms with Crippen LogP contribution in [0.1, 0.15) is 33.8 Å². The molecule has 0 aliphatic heterocycles. The average molecular weight is 340 g/mol. The minimum Gasteiger partial charge on any atom is -0.493 e. The second-order valence-corrected chi connectivity index (χ2v) is 6.63. The molecular weight excluding hydrogens is 322 g/mol. The van der Waals surface area contributed by atoms with Crippen LogP contribution in [0, 0.1) is 13.8 Å². The summed E-state index contributed by atoms with van der Waals surface area (Å²) in [4.78, 5) is 2.53. The van der Waals surface area contributed by atoms with Gasteiger partial charge in [-0.3, -0.25) is 0 Å². The van der Waals surface area contributed by atoms with Gasteiger partial charge in [-0.15, -0.1) is 11.3 Å². The van der Waals surface area contributed by atoms with Gasteiger partial charge < -0.3 is 10.5 Å². The summed E-state index contributed by atoms with van der Waals surface area (Å²) >= 11 is 5.30. The Morgan fingerprint density at radius 1 is 1.32 bits per heavy atom. The van der Waals surface area contributed by atoms with E-state index in [1.165, 1.54) is 15.3 Å². The van der Waals surface area contributed by atoms with Crippen LogP contribution in [0.3, 0.4) is 0 Å². The van der Waals surface area contributed by atoms with E-state index < -0.39 is 0 Å². The minimum atomic E-state index is -0.0793. The zero-order valence-corrected chi connectivity index (χ0v) is 13.8. The molecule has 19 heavy (non-hydrogen) atoms. The van der Waals surface area contributed by atoms with Crippen molar-refractivity contribution in [1.29, 1.82) is 0 Å². The van der Waals surface area contributed by atoms with E-state index in [0.717, 1.165) is 15.8 Å². The largest absolute Gasteiger partial charge is 0.493 e. The van der Waals surface area contributed by atoms with Crippen molar-refractivity contribution < 1.29 is 4.74 Å². The van der Waals surface area contributed by atoms with Gasteiger partial charge in [0.2, 0.25) is 0 Å². The molecular formula is C15H18BrNOS. The number of rotatable bonds is 4. The summed E-state index contributed by atoms with van der Waals surface area (Å²) in [6.07, 6.45) is 0. The van der Waals surface area contributed by atoms with Crippen molar-refractivity contribution in [2.24, 2.45) is 5.73 Å². The first-order valence-electron chi connectivity index (χ1n) is 6.27. The van der Waals surface area contributed by atoms with Crippen LogP contribution in [0.15, 0.2) is 28.7 Å². The maximum Gasteiger partial charge on any atom is 0.133 e. The third-order valence-corrected chi connectivity index (χ3v) is 4.96. The summed E-state index contributed by atoms with van der Waals surface area (Å²) in [6.45, 7) is 6.89. The number of hydrogen-bond donors (Lipinski definition) is 1. The quantitative estimate of drug-likeness (QED) is 0.885. The zero-order valence-electron chi connectivity index (χ0n) is 11.4. The molecule has 1 unspecified atom stereocenters. The van der Waals surface area contributed by atoms with Crippen molar-refractivity contribution in [3.05, 3.63) is 49.6 Å². The normalized spacial score (nSPS) is 12.5. The monoisotopic (exact) mass is 339 g/mol. The Morgan fingerprint density at radius 2 is 2.05 bits per heavy atom. The molecule has 0 spiro atoms. The van der Waals surface area contributed by atoms with Gasteiger partial charge in [0.05, 0.1) is 17.1 Å². The average Bonchev–Trinajstić information content (AvgIpc) is 2.71. The molecule has 2 rings (SSSR count). The molecule has 2 aromatic rings. The van der Waals surface area contributed by atoms with E-state index in [1.807, 2.05) is 25.1 Å². The molecule has 0 amide bonds. The molecule has 102 valence electrons. The van der Waals surface area contributed by atoms with Gasteiger partial charge in [0.25, 0.3) is 0 Å². The second kappa shape index (κ2) is 6.07. The highest BCUT2D eigenvalue weighted by Crippen LogP contribution is 2.33. The van der Waals surface area contributed by atoms with E-state index >= 15 is 0 Å². The first-order valence-corrected chi connectivity index (χ1v) is 7.88. The Hall–Kier alpha value is -0.840. The number of thiophene rings is 1. The Bertz CT molecular complexity index is 560. The topological polar surface area (TPSA) is 35.2 Å². The molecule has 0 bridgehead atoms. The lowest BCUT2D eigenvalue weighted by Gasteiger charge is -2.13. The van der Waals surface area contributed by atoms with Crippen LogP contribution in [0.4, 0.5) is 0 Å². The molecule has 0 saturated heterocycles. The van der Waals surface area contributed by atoms with Crippen LogP contribution in [-0.4, -0.2) is 6.61 Å². The summed E-state index contributed by atoms with van der Waals surface area (Å²) in [5.41, 5.74) is 8.74. The fourth-order valence-corrected chi connectivity index (χ4v) is 3.49. The van der Waals surface area contributed by atoms with Crippen LogP contribution in [0.5, 0.6) is 5.75 Å². The second-order valence-electron chi connectivity index (χ2n) is 4.49. The fraction of sp³-hybridized carbons (Fsp3) is 0.333. The van der Waals surface area contributed by atoms with Gasteiger partial charge in [-0.05, 0) is 66.0 Å². The van der Waals surface area contributed by atoms with Crippen molar-refractivity contribution in [3.63, 3.8) is 0 Å². The lowest BCUT2D eigenvalue weighted by atomic mass is 10.1. The van der Waals surface area contributed by atoms with Gasteiger partial charge in [0.1, 0.15) is 5.75 Å². The van der Waals surface area contributed by atoms with Crippen molar-refractivity contribution in [2.45, 2.75) is 26.8 Å². The number of halogens is 1. The molecule has 1 aromatic carbocycles. The third-order valence-electron chi connectivity index (χ3n) is 3.11. The Labute approximate surface area is 126 Å². The van der Waals surface area contributed by atoms with E-state index in [-0.39, 0.29) is 6.04 Å². The summed E-state index contributed by atoms with van der Waals surface area (Å²) < 4.78 is 6.47. The lowest BCUT2D eigenvalue weighted by Crippen LogP contribution is -2.10. The zero-order chi connectivity index (χ0) is 14.0. The van der Waals surface area contributed by atoms with Gasteiger partial charge in [-0.2, -0.15) is 0 Å². The Balaban J connectivity index is 2.28. The Kier molecular flexibility index (Phi) is 4.66. The number of aryl methyl sites for hydroxylation is 2.